The standard InChI is InChI=1S/C24H26N4O4/c1-2-27-23(31)18-12-6-8-14-20(18)28(24(27)32)15-21(29)26-19-13-7-5-11-17(19)22(30)25-16-9-3-4-10-16/h5-8,11-14,16H,2-4,9-10,15H2,1H3,(H,25,30)(H,26,29). The maximum atomic E-state index is 12.9. The molecule has 0 radical (unpaired) electrons. The molecule has 166 valence electrons. The second-order valence-corrected chi connectivity index (χ2v) is 7.98. The van der Waals surface area contributed by atoms with Gasteiger partial charge >= 0.3 is 5.69 Å². The lowest BCUT2D eigenvalue weighted by Crippen LogP contribution is -2.41. The largest absolute Gasteiger partial charge is 0.349 e. The Morgan fingerprint density at radius 2 is 1.66 bits per heavy atom. The summed E-state index contributed by atoms with van der Waals surface area (Å²) >= 11 is 0. The van der Waals surface area contributed by atoms with E-state index in [9.17, 15) is 19.2 Å². The molecule has 1 saturated carbocycles. The second kappa shape index (κ2) is 9.21. The molecule has 0 atom stereocenters. The number of nitrogens with one attached hydrogen (secondary N) is 2. The lowest BCUT2D eigenvalue weighted by Gasteiger charge is -2.16. The fourth-order valence-electron chi connectivity index (χ4n) is 4.26. The summed E-state index contributed by atoms with van der Waals surface area (Å²) in [5.74, 6) is -0.686. The van der Waals surface area contributed by atoms with E-state index in [1.165, 1.54) is 4.57 Å². The summed E-state index contributed by atoms with van der Waals surface area (Å²) in [5, 5.41) is 6.16. The van der Waals surface area contributed by atoms with Gasteiger partial charge in [0.2, 0.25) is 5.91 Å². The smallest absolute Gasteiger partial charge is 0.331 e. The minimum Gasteiger partial charge on any atom is -0.349 e. The van der Waals surface area contributed by atoms with Crippen molar-refractivity contribution in [3.05, 3.63) is 74.9 Å². The zero-order chi connectivity index (χ0) is 22.7. The number of amides is 2. The predicted octanol–water partition coefficient (Wildman–Crippen LogP) is 2.49. The number of hydrogen-bond acceptors (Lipinski definition) is 4. The van der Waals surface area contributed by atoms with Gasteiger partial charge in [0.15, 0.2) is 0 Å². The van der Waals surface area contributed by atoms with Gasteiger partial charge in [0.05, 0.1) is 22.2 Å². The third-order valence-corrected chi connectivity index (χ3v) is 5.89. The third kappa shape index (κ3) is 4.21. The lowest BCUT2D eigenvalue weighted by atomic mass is 10.1. The van der Waals surface area contributed by atoms with Crippen LogP contribution < -0.4 is 21.9 Å². The highest BCUT2D eigenvalue weighted by molar-refractivity contribution is 6.04. The van der Waals surface area contributed by atoms with Crippen LogP contribution in [0.2, 0.25) is 0 Å². The molecule has 1 aliphatic rings. The Morgan fingerprint density at radius 3 is 2.41 bits per heavy atom. The molecule has 2 aromatic carbocycles. The summed E-state index contributed by atoms with van der Waals surface area (Å²) in [4.78, 5) is 51.1. The first kappa shape index (κ1) is 21.5. The van der Waals surface area contributed by atoms with Gasteiger partial charge in [-0.1, -0.05) is 37.1 Å². The Hall–Kier alpha value is -3.68. The Labute approximate surface area is 184 Å². The van der Waals surface area contributed by atoms with Crippen LogP contribution in [0.25, 0.3) is 10.9 Å². The molecule has 0 bridgehead atoms. The first-order valence-corrected chi connectivity index (χ1v) is 10.9. The number of fused-ring (bicyclic) bond motifs is 1. The predicted molar refractivity (Wildman–Crippen MR) is 123 cm³/mol. The third-order valence-electron chi connectivity index (χ3n) is 5.89. The number of carbonyl (C=O) groups excluding carboxylic acids is 2. The maximum Gasteiger partial charge on any atom is 0.331 e. The van der Waals surface area contributed by atoms with Crippen molar-refractivity contribution in [3.8, 4) is 0 Å². The first-order valence-electron chi connectivity index (χ1n) is 10.9. The number of rotatable bonds is 6. The van der Waals surface area contributed by atoms with E-state index in [0.717, 1.165) is 30.3 Å². The molecule has 1 aliphatic carbocycles. The number of carbonyl (C=O) groups is 2. The van der Waals surface area contributed by atoms with Crippen LogP contribution in [0.4, 0.5) is 5.69 Å². The molecular formula is C24H26N4O4. The van der Waals surface area contributed by atoms with E-state index in [1.807, 2.05) is 0 Å². The number of para-hydroxylation sites is 2. The van der Waals surface area contributed by atoms with Crippen LogP contribution in [0.15, 0.2) is 58.1 Å². The van der Waals surface area contributed by atoms with Crippen molar-refractivity contribution >= 4 is 28.4 Å². The van der Waals surface area contributed by atoms with Crippen LogP contribution in [0.1, 0.15) is 43.0 Å². The van der Waals surface area contributed by atoms with E-state index in [2.05, 4.69) is 10.6 Å². The molecule has 1 heterocycles. The Bertz CT molecular complexity index is 1290. The fraction of sp³-hybridized carbons (Fsp3) is 0.333. The molecule has 1 aromatic heterocycles. The van der Waals surface area contributed by atoms with Crippen LogP contribution in [0, 0.1) is 0 Å². The Kier molecular flexibility index (Phi) is 6.20. The summed E-state index contributed by atoms with van der Waals surface area (Å²) in [6, 6.07) is 13.7. The van der Waals surface area contributed by atoms with Gasteiger partial charge < -0.3 is 10.6 Å². The van der Waals surface area contributed by atoms with Crippen molar-refractivity contribution in [2.75, 3.05) is 5.32 Å². The van der Waals surface area contributed by atoms with Gasteiger partial charge in [-0.15, -0.1) is 0 Å². The molecule has 32 heavy (non-hydrogen) atoms. The van der Waals surface area contributed by atoms with Gasteiger partial charge in [-0.3, -0.25) is 23.5 Å². The van der Waals surface area contributed by atoms with Crippen LogP contribution in [-0.4, -0.2) is 27.0 Å². The highest BCUT2D eigenvalue weighted by Gasteiger charge is 2.21. The minimum atomic E-state index is -0.543. The van der Waals surface area contributed by atoms with Crippen molar-refractivity contribution < 1.29 is 9.59 Å². The van der Waals surface area contributed by atoms with Crippen molar-refractivity contribution in [1.29, 1.82) is 0 Å². The number of aromatic nitrogens is 2. The van der Waals surface area contributed by atoms with Crippen LogP contribution in [0.3, 0.4) is 0 Å². The zero-order valence-corrected chi connectivity index (χ0v) is 18.0. The van der Waals surface area contributed by atoms with Gasteiger partial charge in [0, 0.05) is 12.6 Å². The molecule has 3 aromatic rings. The first-order chi connectivity index (χ1) is 15.5. The average Bonchev–Trinajstić information content (AvgIpc) is 3.30. The molecule has 1 fully saturated rings. The number of anilines is 1. The highest BCUT2D eigenvalue weighted by Crippen LogP contribution is 2.20. The number of hydrogen-bond donors (Lipinski definition) is 2. The molecule has 0 aliphatic heterocycles. The van der Waals surface area contributed by atoms with Gasteiger partial charge in [-0.2, -0.15) is 0 Å². The average molecular weight is 434 g/mol. The van der Waals surface area contributed by atoms with Gasteiger partial charge in [-0.05, 0) is 44.0 Å². The van der Waals surface area contributed by atoms with Gasteiger partial charge in [0.1, 0.15) is 6.54 Å². The zero-order valence-electron chi connectivity index (χ0n) is 18.0. The fourth-order valence-corrected chi connectivity index (χ4v) is 4.26. The number of nitrogens with zero attached hydrogens (tertiary/aromatic N) is 2. The van der Waals surface area contributed by atoms with E-state index >= 15 is 0 Å². The second-order valence-electron chi connectivity index (χ2n) is 7.98. The summed E-state index contributed by atoms with van der Waals surface area (Å²) in [5.41, 5.74) is 0.240. The Balaban J connectivity index is 1.60. The van der Waals surface area contributed by atoms with Crippen LogP contribution in [0.5, 0.6) is 0 Å². The van der Waals surface area contributed by atoms with E-state index in [-0.39, 0.29) is 30.6 Å². The normalized spacial score (nSPS) is 13.9. The van der Waals surface area contributed by atoms with Crippen molar-refractivity contribution in [2.24, 2.45) is 0 Å². The van der Waals surface area contributed by atoms with Crippen LogP contribution in [-0.2, 0) is 17.9 Å². The maximum absolute atomic E-state index is 12.9. The van der Waals surface area contributed by atoms with E-state index in [0.29, 0.717) is 22.2 Å². The van der Waals surface area contributed by atoms with Gasteiger partial charge in [-0.25, -0.2) is 4.79 Å². The molecular weight excluding hydrogens is 408 g/mol. The lowest BCUT2D eigenvalue weighted by molar-refractivity contribution is -0.116. The monoisotopic (exact) mass is 434 g/mol. The molecule has 2 amide bonds. The molecule has 8 heteroatoms. The summed E-state index contributed by atoms with van der Waals surface area (Å²) in [6.07, 6.45) is 4.13. The molecule has 0 unspecified atom stereocenters. The topological polar surface area (TPSA) is 102 Å². The Morgan fingerprint density at radius 1 is 0.969 bits per heavy atom. The summed E-state index contributed by atoms with van der Waals surface area (Å²) in [6.45, 7) is 1.63. The highest BCUT2D eigenvalue weighted by atomic mass is 16.2. The van der Waals surface area contributed by atoms with Crippen molar-refractivity contribution in [3.63, 3.8) is 0 Å². The molecule has 8 nitrogen and oxygen atoms in total. The molecule has 0 spiro atoms. The van der Waals surface area contributed by atoms with Crippen LogP contribution >= 0.6 is 0 Å². The van der Waals surface area contributed by atoms with Crippen molar-refractivity contribution in [2.45, 2.75) is 51.7 Å². The quantitative estimate of drug-likeness (QED) is 0.622. The van der Waals surface area contributed by atoms with E-state index < -0.39 is 11.6 Å². The molecule has 0 saturated heterocycles. The summed E-state index contributed by atoms with van der Waals surface area (Å²) in [7, 11) is 0. The molecule has 4 rings (SSSR count). The van der Waals surface area contributed by atoms with Crippen molar-refractivity contribution in [1.82, 2.24) is 14.5 Å². The van der Waals surface area contributed by atoms with Gasteiger partial charge in [0.25, 0.3) is 11.5 Å². The number of benzene rings is 2. The minimum absolute atomic E-state index is 0.159. The summed E-state index contributed by atoms with van der Waals surface area (Å²) < 4.78 is 2.40. The van der Waals surface area contributed by atoms with E-state index in [1.54, 1.807) is 55.5 Å². The SMILES string of the molecule is CCn1c(=O)c2ccccc2n(CC(=O)Nc2ccccc2C(=O)NC2CCCC2)c1=O. The molecule has 2 N–H and O–H groups in total. The van der Waals surface area contributed by atoms with E-state index in [4.69, 9.17) is 0 Å².